The van der Waals surface area contributed by atoms with Gasteiger partial charge in [-0.3, -0.25) is 4.79 Å². The van der Waals surface area contributed by atoms with Crippen LogP contribution in [0.1, 0.15) is 34.1 Å². The number of hydrogen-bond acceptors (Lipinski definition) is 3. The SMILES string of the molecule is CC(C)CCOCCOCC(=O)NCC(C)C. The van der Waals surface area contributed by atoms with E-state index in [1.165, 1.54) is 0 Å². The lowest BCUT2D eigenvalue weighted by molar-refractivity contribution is -0.126. The van der Waals surface area contributed by atoms with Gasteiger partial charge in [0.05, 0.1) is 13.2 Å². The van der Waals surface area contributed by atoms with E-state index in [4.69, 9.17) is 9.47 Å². The summed E-state index contributed by atoms with van der Waals surface area (Å²) in [4.78, 5) is 11.2. The zero-order valence-corrected chi connectivity index (χ0v) is 11.6. The molecule has 0 spiro atoms. The van der Waals surface area contributed by atoms with Gasteiger partial charge in [-0.25, -0.2) is 0 Å². The van der Waals surface area contributed by atoms with Gasteiger partial charge in [-0.1, -0.05) is 27.7 Å². The van der Waals surface area contributed by atoms with Crippen LogP contribution in [-0.4, -0.2) is 38.9 Å². The molecule has 0 atom stereocenters. The molecule has 1 N–H and O–H groups in total. The van der Waals surface area contributed by atoms with Crippen LogP contribution in [0.25, 0.3) is 0 Å². The Bertz CT molecular complexity index is 193. The summed E-state index contributed by atoms with van der Waals surface area (Å²) in [5.74, 6) is 1.08. The van der Waals surface area contributed by atoms with Crippen LogP contribution in [0, 0.1) is 11.8 Å². The first kappa shape index (κ1) is 16.4. The van der Waals surface area contributed by atoms with Crippen LogP contribution < -0.4 is 5.32 Å². The summed E-state index contributed by atoms with van der Waals surface area (Å²) in [6.07, 6.45) is 1.06. The van der Waals surface area contributed by atoms with E-state index in [0.717, 1.165) is 13.0 Å². The first-order valence-corrected chi connectivity index (χ1v) is 6.44. The summed E-state index contributed by atoms with van der Waals surface area (Å²) < 4.78 is 10.6. The van der Waals surface area contributed by atoms with E-state index in [9.17, 15) is 4.79 Å². The van der Waals surface area contributed by atoms with Crippen molar-refractivity contribution in [3.63, 3.8) is 0 Å². The second-order valence-corrected chi connectivity index (χ2v) is 5.05. The molecule has 0 radical (unpaired) electrons. The molecule has 0 rings (SSSR count). The number of ether oxygens (including phenoxy) is 2. The minimum atomic E-state index is -0.0547. The van der Waals surface area contributed by atoms with Crippen molar-refractivity contribution in [2.45, 2.75) is 34.1 Å². The largest absolute Gasteiger partial charge is 0.379 e. The van der Waals surface area contributed by atoms with Gasteiger partial charge in [0.15, 0.2) is 0 Å². The van der Waals surface area contributed by atoms with Gasteiger partial charge in [-0.2, -0.15) is 0 Å². The predicted octanol–water partition coefficient (Wildman–Crippen LogP) is 1.84. The lowest BCUT2D eigenvalue weighted by Crippen LogP contribution is -2.31. The van der Waals surface area contributed by atoms with E-state index in [2.05, 4.69) is 33.0 Å². The molecule has 0 aliphatic heterocycles. The number of amides is 1. The molecule has 4 heteroatoms. The Kier molecular flexibility index (Phi) is 10.2. The number of nitrogens with one attached hydrogen (secondary N) is 1. The molecule has 0 aliphatic rings. The maximum absolute atomic E-state index is 11.2. The highest BCUT2D eigenvalue weighted by molar-refractivity contribution is 5.77. The number of carbonyl (C=O) groups is 1. The molecule has 0 aromatic carbocycles. The van der Waals surface area contributed by atoms with E-state index in [1.54, 1.807) is 0 Å². The Labute approximate surface area is 105 Å². The minimum Gasteiger partial charge on any atom is -0.379 e. The summed E-state index contributed by atoms with van der Waals surface area (Å²) in [5.41, 5.74) is 0. The Hall–Kier alpha value is -0.610. The van der Waals surface area contributed by atoms with E-state index in [0.29, 0.717) is 31.6 Å². The molecule has 0 bridgehead atoms. The van der Waals surface area contributed by atoms with Crippen molar-refractivity contribution in [2.24, 2.45) is 11.8 Å². The van der Waals surface area contributed by atoms with Crippen molar-refractivity contribution in [3.05, 3.63) is 0 Å². The predicted molar refractivity (Wildman–Crippen MR) is 68.9 cm³/mol. The molecule has 0 aromatic heterocycles. The molecular formula is C13H27NO3. The summed E-state index contributed by atoms with van der Waals surface area (Å²) in [5, 5.41) is 2.79. The monoisotopic (exact) mass is 245 g/mol. The Morgan fingerprint density at radius 3 is 2.24 bits per heavy atom. The molecule has 4 nitrogen and oxygen atoms in total. The number of hydrogen-bond donors (Lipinski definition) is 1. The van der Waals surface area contributed by atoms with Gasteiger partial charge >= 0.3 is 0 Å². The normalized spacial score (nSPS) is 11.2. The first-order chi connectivity index (χ1) is 8.02. The lowest BCUT2D eigenvalue weighted by Gasteiger charge is -2.09. The van der Waals surface area contributed by atoms with Crippen molar-refractivity contribution < 1.29 is 14.3 Å². The zero-order valence-electron chi connectivity index (χ0n) is 11.6. The second-order valence-electron chi connectivity index (χ2n) is 5.05. The molecule has 0 aliphatic carbocycles. The zero-order chi connectivity index (χ0) is 13.1. The molecule has 1 amide bonds. The lowest BCUT2D eigenvalue weighted by atomic mass is 10.1. The first-order valence-electron chi connectivity index (χ1n) is 6.44. The summed E-state index contributed by atoms with van der Waals surface area (Å²) in [6.45, 7) is 11.1. The third kappa shape index (κ3) is 13.3. The Balaban J connectivity index is 3.19. The maximum atomic E-state index is 11.2. The average molecular weight is 245 g/mol. The standard InChI is InChI=1S/C13H27NO3/c1-11(2)5-6-16-7-8-17-10-13(15)14-9-12(3)4/h11-12H,5-10H2,1-4H3,(H,14,15). The van der Waals surface area contributed by atoms with Crippen molar-refractivity contribution in [1.82, 2.24) is 5.32 Å². The number of carbonyl (C=O) groups excluding carboxylic acids is 1. The molecule has 102 valence electrons. The van der Waals surface area contributed by atoms with Crippen LogP contribution in [0.15, 0.2) is 0 Å². The van der Waals surface area contributed by atoms with Gasteiger partial charge in [-0.15, -0.1) is 0 Å². The smallest absolute Gasteiger partial charge is 0.246 e. The van der Waals surface area contributed by atoms with Crippen molar-refractivity contribution in [2.75, 3.05) is 33.0 Å². The highest BCUT2D eigenvalue weighted by Gasteiger charge is 2.02. The maximum Gasteiger partial charge on any atom is 0.246 e. The van der Waals surface area contributed by atoms with Gasteiger partial charge in [0, 0.05) is 13.2 Å². The van der Waals surface area contributed by atoms with Crippen LogP contribution >= 0.6 is 0 Å². The second kappa shape index (κ2) is 10.5. The fraction of sp³-hybridized carbons (Fsp3) is 0.923. The van der Waals surface area contributed by atoms with Crippen molar-refractivity contribution in [3.8, 4) is 0 Å². The molecule has 0 aromatic rings. The van der Waals surface area contributed by atoms with E-state index >= 15 is 0 Å². The molecule has 0 saturated heterocycles. The van der Waals surface area contributed by atoms with Crippen LogP contribution in [0.3, 0.4) is 0 Å². The molecule has 0 saturated carbocycles. The topological polar surface area (TPSA) is 47.6 Å². The minimum absolute atomic E-state index is 0.0547. The van der Waals surface area contributed by atoms with Gasteiger partial charge in [0.2, 0.25) is 5.91 Å². The van der Waals surface area contributed by atoms with Gasteiger partial charge in [0.1, 0.15) is 6.61 Å². The van der Waals surface area contributed by atoms with Crippen LogP contribution in [-0.2, 0) is 14.3 Å². The fourth-order valence-corrected chi connectivity index (χ4v) is 1.07. The van der Waals surface area contributed by atoms with Crippen molar-refractivity contribution in [1.29, 1.82) is 0 Å². The van der Waals surface area contributed by atoms with E-state index in [-0.39, 0.29) is 12.5 Å². The summed E-state index contributed by atoms with van der Waals surface area (Å²) in [6, 6.07) is 0. The Morgan fingerprint density at radius 1 is 1.00 bits per heavy atom. The highest BCUT2D eigenvalue weighted by Crippen LogP contribution is 1.98. The van der Waals surface area contributed by atoms with Crippen molar-refractivity contribution >= 4 is 5.91 Å². The van der Waals surface area contributed by atoms with Gasteiger partial charge in [-0.05, 0) is 18.3 Å². The molecular weight excluding hydrogens is 218 g/mol. The van der Waals surface area contributed by atoms with E-state index in [1.807, 2.05) is 0 Å². The number of rotatable bonds is 10. The Morgan fingerprint density at radius 2 is 1.65 bits per heavy atom. The molecule has 0 fully saturated rings. The van der Waals surface area contributed by atoms with E-state index < -0.39 is 0 Å². The van der Waals surface area contributed by atoms with Gasteiger partial charge in [0.25, 0.3) is 0 Å². The highest BCUT2D eigenvalue weighted by atomic mass is 16.5. The average Bonchev–Trinajstić information content (AvgIpc) is 2.24. The quantitative estimate of drug-likeness (QED) is 0.597. The van der Waals surface area contributed by atoms with Crippen LogP contribution in [0.5, 0.6) is 0 Å². The molecule has 17 heavy (non-hydrogen) atoms. The summed E-state index contributed by atoms with van der Waals surface area (Å²) >= 11 is 0. The van der Waals surface area contributed by atoms with Gasteiger partial charge < -0.3 is 14.8 Å². The van der Waals surface area contributed by atoms with Crippen LogP contribution in [0.2, 0.25) is 0 Å². The third-order valence-corrected chi connectivity index (χ3v) is 2.15. The molecule has 0 unspecified atom stereocenters. The fourth-order valence-electron chi connectivity index (χ4n) is 1.07. The molecule has 0 heterocycles. The summed E-state index contributed by atoms with van der Waals surface area (Å²) in [7, 11) is 0. The third-order valence-electron chi connectivity index (χ3n) is 2.15. The van der Waals surface area contributed by atoms with Crippen LogP contribution in [0.4, 0.5) is 0 Å².